The summed E-state index contributed by atoms with van der Waals surface area (Å²) < 4.78 is 0. The van der Waals surface area contributed by atoms with Crippen LogP contribution in [0.2, 0.25) is 0 Å². The maximum absolute atomic E-state index is 12.4. The van der Waals surface area contributed by atoms with Gasteiger partial charge in [-0.15, -0.1) is 0 Å². The topological polar surface area (TPSA) is 69.7 Å². The molecule has 1 aliphatic carbocycles. The minimum absolute atomic E-state index is 0.0248. The molecule has 2 aliphatic rings. The van der Waals surface area contributed by atoms with Gasteiger partial charge in [-0.05, 0) is 27.2 Å². The first-order valence-electron chi connectivity index (χ1n) is 7.55. The molecule has 118 valence electrons. The lowest BCUT2D eigenvalue weighted by molar-refractivity contribution is -0.140. The predicted octanol–water partition coefficient (Wildman–Crippen LogP) is 0.228. The lowest BCUT2D eigenvalue weighted by atomic mass is 10.1. The number of rotatable bonds is 2. The summed E-state index contributed by atoms with van der Waals surface area (Å²) in [5, 5.41) is 2.93. The van der Waals surface area contributed by atoms with Crippen molar-refractivity contribution >= 4 is 17.7 Å². The van der Waals surface area contributed by atoms with Crippen LogP contribution in [0.4, 0.5) is 0 Å². The van der Waals surface area contributed by atoms with Crippen LogP contribution >= 0.6 is 0 Å². The van der Waals surface area contributed by atoms with E-state index in [2.05, 4.69) is 5.32 Å². The smallest absolute Gasteiger partial charge is 0.226 e. The van der Waals surface area contributed by atoms with Crippen LogP contribution in [0, 0.1) is 11.8 Å². The number of amides is 3. The van der Waals surface area contributed by atoms with Crippen LogP contribution < -0.4 is 5.32 Å². The Morgan fingerprint density at radius 3 is 1.95 bits per heavy atom. The summed E-state index contributed by atoms with van der Waals surface area (Å²) in [4.78, 5) is 39.2. The number of carbonyl (C=O) groups is 3. The number of hydrogen-bond acceptors (Lipinski definition) is 3. The Balaban J connectivity index is 1.81. The zero-order chi connectivity index (χ0) is 15.8. The number of nitrogens with zero attached hydrogens (tertiary/aromatic N) is 2. The van der Waals surface area contributed by atoms with Gasteiger partial charge in [0.15, 0.2) is 0 Å². The van der Waals surface area contributed by atoms with E-state index < -0.39 is 0 Å². The molecule has 2 fully saturated rings. The number of carbonyl (C=O) groups excluding carboxylic acids is 3. The summed E-state index contributed by atoms with van der Waals surface area (Å²) in [6, 6.07) is 0. The molecular formula is C15H25N3O3. The van der Waals surface area contributed by atoms with Gasteiger partial charge in [0.25, 0.3) is 0 Å². The van der Waals surface area contributed by atoms with Gasteiger partial charge in [-0.3, -0.25) is 14.4 Å². The highest BCUT2D eigenvalue weighted by atomic mass is 16.2. The third-order valence-corrected chi connectivity index (χ3v) is 3.98. The van der Waals surface area contributed by atoms with Gasteiger partial charge in [0.05, 0.1) is 11.8 Å². The first kappa shape index (κ1) is 15.8. The summed E-state index contributed by atoms with van der Waals surface area (Å²) in [5.41, 5.74) is -0.264. The van der Waals surface area contributed by atoms with Crippen molar-refractivity contribution in [3.63, 3.8) is 0 Å². The third-order valence-electron chi connectivity index (χ3n) is 3.98. The van der Waals surface area contributed by atoms with Crippen LogP contribution in [-0.2, 0) is 14.4 Å². The molecule has 0 spiro atoms. The highest BCUT2D eigenvalue weighted by molar-refractivity contribution is 5.92. The molecule has 1 saturated carbocycles. The maximum Gasteiger partial charge on any atom is 0.226 e. The largest absolute Gasteiger partial charge is 0.351 e. The Morgan fingerprint density at radius 2 is 1.48 bits per heavy atom. The summed E-state index contributed by atoms with van der Waals surface area (Å²) in [6.07, 6.45) is 0.646. The summed E-state index contributed by atoms with van der Waals surface area (Å²) in [5.74, 6) is -0.259. The van der Waals surface area contributed by atoms with E-state index in [1.165, 1.54) is 0 Å². The lowest BCUT2D eigenvalue weighted by Crippen LogP contribution is -2.50. The average molecular weight is 295 g/mol. The fourth-order valence-electron chi connectivity index (χ4n) is 2.70. The van der Waals surface area contributed by atoms with Crippen molar-refractivity contribution in [3.05, 3.63) is 0 Å². The maximum atomic E-state index is 12.4. The molecule has 2 unspecified atom stereocenters. The molecule has 1 aliphatic heterocycles. The minimum atomic E-state index is -0.264. The van der Waals surface area contributed by atoms with E-state index in [1.807, 2.05) is 20.8 Å². The normalized spacial score (nSPS) is 25.5. The molecule has 1 N–H and O–H groups in total. The van der Waals surface area contributed by atoms with Crippen LogP contribution in [0.25, 0.3) is 0 Å². The van der Waals surface area contributed by atoms with Gasteiger partial charge in [0.1, 0.15) is 0 Å². The monoisotopic (exact) mass is 295 g/mol. The molecule has 2 rings (SSSR count). The number of nitrogens with one attached hydrogen (secondary N) is 1. The number of hydrogen-bond donors (Lipinski definition) is 1. The van der Waals surface area contributed by atoms with E-state index >= 15 is 0 Å². The van der Waals surface area contributed by atoms with E-state index in [4.69, 9.17) is 0 Å². The van der Waals surface area contributed by atoms with E-state index in [-0.39, 0.29) is 35.1 Å². The molecular weight excluding hydrogens is 270 g/mol. The van der Waals surface area contributed by atoms with Gasteiger partial charge in [-0.1, -0.05) is 0 Å². The second kappa shape index (κ2) is 5.66. The van der Waals surface area contributed by atoms with Crippen LogP contribution in [0.5, 0.6) is 0 Å². The van der Waals surface area contributed by atoms with Gasteiger partial charge in [-0.2, -0.15) is 0 Å². The molecule has 0 bridgehead atoms. The van der Waals surface area contributed by atoms with Crippen LogP contribution in [0.3, 0.4) is 0 Å². The molecule has 3 amide bonds. The quantitative estimate of drug-likeness (QED) is 0.793. The van der Waals surface area contributed by atoms with E-state index in [1.54, 1.807) is 16.7 Å². The summed E-state index contributed by atoms with van der Waals surface area (Å²) in [6.45, 7) is 9.68. The van der Waals surface area contributed by atoms with E-state index in [0.29, 0.717) is 32.6 Å². The molecule has 0 radical (unpaired) electrons. The van der Waals surface area contributed by atoms with Crippen molar-refractivity contribution in [1.29, 1.82) is 0 Å². The molecule has 1 heterocycles. The average Bonchev–Trinajstić information content (AvgIpc) is 3.16. The molecule has 2 atom stereocenters. The zero-order valence-corrected chi connectivity index (χ0v) is 13.3. The highest BCUT2D eigenvalue weighted by Gasteiger charge is 2.50. The van der Waals surface area contributed by atoms with Gasteiger partial charge in [0, 0.05) is 38.6 Å². The Kier molecular flexibility index (Phi) is 4.25. The summed E-state index contributed by atoms with van der Waals surface area (Å²) in [7, 11) is 0. The predicted molar refractivity (Wildman–Crippen MR) is 78.3 cm³/mol. The second-order valence-corrected chi connectivity index (χ2v) is 7.02. The second-order valence-electron chi connectivity index (χ2n) is 7.02. The molecule has 6 heteroatoms. The van der Waals surface area contributed by atoms with Crippen molar-refractivity contribution in [1.82, 2.24) is 15.1 Å². The molecule has 6 nitrogen and oxygen atoms in total. The van der Waals surface area contributed by atoms with Crippen molar-refractivity contribution < 1.29 is 14.4 Å². The number of piperazine rings is 1. The molecule has 21 heavy (non-hydrogen) atoms. The van der Waals surface area contributed by atoms with Crippen molar-refractivity contribution in [3.8, 4) is 0 Å². The third kappa shape index (κ3) is 3.95. The minimum Gasteiger partial charge on any atom is -0.351 e. The van der Waals surface area contributed by atoms with Gasteiger partial charge in [-0.25, -0.2) is 0 Å². The van der Waals surface area contributed by atoms with Crippen molar-refractivity contribution in [2.24, 2.45) is 11.8 Å². The molecule has 1 saturated heterocycles. The fourth-order valence-corrected chi connectivity index (χ4v) is 2.70. The van der Waals surface area contributed by atoms with E-state index in [9.17, 15) is 14.4 Å². The van der Waals surface area contributed by atoms with Crippen LogP contribution in [-0.4, -0.2) is 59.2 Å². The SMILES string of the molecule is CC(=O)N1CCN(C(=O)C2CC2C(=O)NC(C)(C)C)CC1. The van der Waals surface area contributed by atoms with Gasteiger partial charge < -0.3 is 15.1 Å². The highest BCUT2D eigenvalue weighted by Crippen LogP contribution is 2.40. The van der Waals surface area contributed by atoms with E-state index in [0.717, 1.165) is 0 Å². The Labute approximate surface area is 125 Å². The van der Waals surface area contributed by atoms with Gasteiger partial charge >= 0.3 is 0 Å². The Bertz CT molecular complexity index is 448. The fraction of sp³-hybridized carbons (Fsp3) is 0.800. The summed E-state index contributed by atoms with van der Waals surface area (Å²) >= 11 is 0. The van der Waals surface area contributed by atoms with Crippen molar-refractivity contribution in [2.75, 3.05) is 26.2 Å². The standard InChI is InChI=1S/C15H25N3O3/c1-10(19)17-5-7-18(8-6-17)14(21)12-9-11(12)13(20)16-15(2,3)4/h11-12H,5-9H2,1-4H3,(H,16,20). The first-order valence-corrected chi connectivity index (χ1v) is 7.55. The first-order chi connectivity index (χ1) is 9.69. The zero-order valence-electron chi connectivity index (χ0n) is 13.3. The molecule has 0 aromatic rings. The molecule has 0 aromatic carbocycles. The Hall–Kier alpha value is -1.59. The molecule has 0 aromatic heterocycles. The van der Waals surface area contributed by atoms with Crippen LogP contribution in [0.1, 0.15) is 34.1 Å². The van der Waals surface area contributed by atoms with Crippen molar-refractivity contribution in [2.45, 2.75) is 39.7 Å². The Morgan fingerprint density at radius 1 is 0.952 bits per heavy atom. The lowest BCUT2D eigenvalue weighted by Gasteiger charge is -2.34. The van der Waals surface area contributed by atoms with Crippen LogP contribution in [0.15, 0.2) is 0 Å². The van der Waals surface area contributed by atoms with Gasteiger partial charge in [0.2, 0.25) is 17.7 Å².